The van der Waals surface area contributed by atoms with Gasteiger partial charge in [0.15, 0.2) is 0 Å². The molecule has 0 aromatic heterocycles. The zero-order valence-electron chi connectivity index (χ0n) is 10.6. The molecule has 4 heteroatoms. The summed E-state index contributed by atoms with van der Waals surface area (Å²) in [7, 11) is -0.966. The fourth-order valence-electron chi connectivity index (χ4n) is 1.64. The van der Waals surface area contributed by atoms with Crippen molar-refractivity contribution in [3.05, 3.63) is 35.9 Å². The monoisotopic (exact) mass is 254 g/mol. The molecule has 0 saturated carbocycles. The summed E-state index contributed by atoms with van der Waals surface area (Å²) < 4.78 is 11.1. The second-order valence-electron chi connectivity index (χ2n) is 3.99. The number of aliphatic hydroxyl groups is 1. The summed E-state index contributed by atoms with van der Waals surface area (Å²) in [4.78, 5) is 0. The second kappa shape index (κ2) is 8.41. The van der Waals surface area contributed by atoms with E-state index in [-0.39, 0.29) is 6.10 Å². The summed E-state index contributed by atoms with van der Waals surface area (Å²) in [5.74, 6) is 0. The van der Waals surface area contributed by atoms with Gasteiger partial charge in [0.25, 0.3) is 0 Å². The van der Waals surface area contributed by atoms with E-state index in [2.05, 4.69) is 6.92 Å². The van der Waals surface area contributed by atoms with Gasteiger partial charge in [-0.2, -0.15) is 0 Å². The summed E-state index contributed by atoms with van der Waals surface area (Å²) >= 11 is 0. The highest BCUT2D eigenvalue weighted by molar-refractivity contribution is 6.18. The van der Waals surface area contributed by atoms with Crippen molar-refractivity contribution in [2.45, 2.75) is 38.9 Å². The molecule has 0 radical (unpaired) electrons. The normalized spacial score (nSPS) is 15.2. The van der Waals surface area contributed by atoms with E-state index in [1.807, 2.05) is 37.3 Å². The van der Waals surface area contributed by atoms with E-state index in [9.17, 15) is 5.11 Å². The van der Waals surface area contributed by atoms with Crippen molar-refractivity contribution in [2.75, 3.05) is 6.61 Å². The molecule has 2 unspecified atom stereocenters. The average Bonchev–Trinajstić information content (AvgIpc) is 2.39. The third-order valence-corrected chi connectivity index (χ3v) is 3.63. The van der Waals surface area contributed by atoms with Gasteiger partial charge in [-0.15, -0.1) is 0 Å². The maximum Gasteiger partial charge on any atom is 0.304 e. The second-order valence-corrected chi connectivity index (χ2v) is 4.97. The van der Waals surface area contributed by atoms with Crippen LogP contribution >= 0.6 is 0 Å². The van der Waals surface area contributed by atoms with E-state index >= 15 is 0 Å². The van der Waals surface area contributed by atoms with E-state index in [4.69, 9.17) is 8.85 Å². The Hall–Kier alpha value is -0.683. The molecule has 96 valence electrons. The summed E-state index contributed by atoms with van der Waals surface area (Å²) in [6, 6.07) is 9.64. The molecule has 0 amide bonds. The lowest BCUT2D eigenvalue weighted by Gasteiger charge is -2.22. The first-order chi connectivity index (χ1) is 8.29. The summed E-state index contributed by atoms with van der Waals surface area (Å²) in [6.07, 6.45) is 1.09. The third kappa shape index (κ3) is 5.00. The van der Waals surface area contributed by atoms with Crippen LogP contribution in [0, 0.1) is 0 Å². The van der Waals surface area contributed by atoms with Crippen molar-refractivity contribution in [1.29, 1.82) is 0 Å². The Balaban J connectivity index is 2.44. The van der Waals surface area contributed by atoms with Gasteiger partial charge in [-0.1, -0.05) is 44.2 Å². The molecule has 2 atom stereocenters. The molecule has 0 bridgehead atoms. The Bertz CT molecular complexity index is 292. The van der Waals surface area contributed by atoms with Crippen LogP contribution in [0.3, 0.4) is 0 Å². The molecule has 1 rings (SSSR count). The first-order valence-corrected chi connectivity index (χ1v) is 7.37. The highest BCUT2D eigenvalue weighted by Gasteiger charge is 2.19. The standard InChI is InChI=1S/C13H22O3Si/c1-3-10-15-17-16-12(4-2)13(14)11-8-6-5-7-9-11/h5-9,12-14H,3-4,10,17H2,1-2H3. The Morgan fingerprint density at radius 2 is 1.94 bits per heavy atom. The lowest BCUT2D eigenvalue weighted by molar-refractivity contribution is 0.0217. The van der Waals surface area contributed by atoms with Crippen molar-refractivity contribution in [2.24, 2.45) is 0 Å². The Labute approximate surface area is 106 Å². The van der Waals surface area contributed by atoms with Gasteiger partial charge in [-0.3, -0.25) is 0 Å². The van der Waals surface area contributed by atoms with Gasteiger partial charge in [-0.05, 0) is 18.4 Å². The smallest absolute Gasteiger partial charge is 0.304 e. The number of hydrogen-bond acceptors (Lipinski definition) is 3. The molecule has 0 fully saturated rings. The molecule has 1 aromatic carbocycles. The zero-order chi connectivity index (χ0) is 12.5. The molecule has 1 N–H and O–H groups in total. The predicted octanol–water partition coefficient (Wildman–Crippen LogP) is 1.94. The van der Waals surface area contributed by atoms with Gasteiger partial charge in [0.05, 0.1) is 6.10 Å². The first-order valence-electron chi connectivity index (χ1n) is 6.22. The minimum absolute atomic E-state index is 0.152. The van der Waals surface area contributed by atoms with Crippen LogP contribution in [0.5, 0.6) is 0 Å². The molecule has 0 spiro atoms. The molecular formula is C13H22O3Si. The molecule has 0 aliphatic carbocycles. The molecular weight excluding hydrogens is 232 g/mol. The molecule has 0 aliphatic heterocycles. The summed E-state index contributed by atoms with van der Waals surface area (Å²) in [5.41, 5.74) is 0.906. The fraction of sp³-hybridized carbons (Fsp3) is 0.538. The number of aliphatic hydroxyl groups excluding tert-OH is 1. The molecule has 0 aliphatic rings. The van der Waals surface area contributed by atoms with Crippen molar-refractivity contribution < 1.29 is 14.0 Å². The van der Waals surface area contributed by atoms with Gasteiger partial charge in [0.1, 0.15) is 6.10 Å². The van der Waals surface area contributed by atoms with Crippen LogP contribution in [0.25, 0.3) is 0 Å². The maximum atomic E-state index is 10.2. The fourth-order valence-corrected chi connectivity index (χ4v) is 2.73. The minimum Gasteiger partial charge on any atom is -0.399 e. The third-order valence-electron chi connectivity index (χ3n) is 2.61. The van der Waals surface area contributed by atoms with Crippen LogP contribution in [-0.2, 0) is 8.85 Å². The van der Waals surface area contributed by atoms with Gasteiger partial charge >= 0.3 is 10.0 Å². The molecule has 3 nitrogen and oxygen atoms in total. The quantitative estimate of drug-likeness (QED) is 0.569. The molecule has 17 heavy (non-hydrogen) atoms. The topological polar surface area (TPSA) is 38.7 Å². The van der Waals surface area contributed by atoms with Crippen LogP contribution in [0.1, 0.15) is 38.4 Å². The van der Waals surface area contributed by atoms with Crippen molar-refractivity contribution >= 4 is 10.0 Å². The zero-order valence-corrected chi connectivity index (χ0v) is 12.0. The van der Waals surface area contributed by atoms with E-state index in [1.54, 1.807) is 0 Å². The van der Waals surface area contributed by atoms with Gasteiger partial charge in [0.2, 0.25) is 0 Å². The number of benzene rings is 1. The SMILES string of the molecule is CCCO[SiH2]OC(CC)C(O)c1ccccc1. The summed E-state index contributed by atoms with van der Waals surface area (Å²) in [5, 5.41) is 10.2. The van der Waals surface area contributed by atoms with Crippen LogP contribution < -0.4 is 0 Å². The van der Waals surface area contributed by atoms with Crippen LogP contribution in [0.4, 0.5) is 0 Å². The molecule has 0 heterocycles. The average molecular weight is 254 g/mol. The van der Waals surface area contributed by atoms with Crippen LogP contribution in [0.15, 0.2) is 30.3 Å². The summed E-state index contributed by atoms with van der Waals surface area (Å²) in [6.45, 7) is 4.85. The predicted molar refractivity (Wildman–Crippen MR) is 71.4 cm³/mol. The van der Waals surface area contributed by atoms with Crippen molar-refractivity contribution in [3.8, 4) is 0 Å². The number of hydrogen-bond donors (Lipinski definition) is 1. The van der Waals surface area contributed by atoms with Crippen molar-refractivity contribution in [3.63, 3.8) is 0 Å². The lowest BCUT2D eigenvalue weighted by Crippen LogP contribution is -2.24. The van der Waals surface area contributed by atoms with Crippen molar-refractivity contribution in [1.82, 2.24) is 0 Å². The Morgan fingerprint density at radius 3 is 2.53 bits per heavy atom. The van der Waals surface area contributed by atoms with Gasteiger partial charge in [0, 0.05) is 6.61 Å². The van der Waals surface area contributed by atoms with Crippen LogP contribution in [-0.4, -0.2) is 27.8 Å². The largest absolute Gasteiger partial charge is 0.399 e. The van der Waals surface area contributed by atoms with E-state index in [0.717, 1.165) is 25.0 Å². The highest BCUT2D eigenvalue weighted by atomic mass is 28.3. The minimum atomic E-state index is -0.966. The lowest BCUT2D eigenvalue weighted by atomic mass is 10.0. The Kier molecular flexibility index (Phi) is 7.12. The van der Waals surface area contributed by atoms with E-state index < -0.39 is 16.1 Å². The van der Waals surface area contributed by atoms with Gasteiger partial charge < -0.3 is 14.0 Å². The Morgan fingerprint density at radius 1 is 1.24 bits per heavy atom. The first kappa shape index (κ1) is 14.4. The number of rotatable bonds is 8. The van der Waals surface area contributed by atoms with E-state index in [1.165, 1.54) is 0 Å². The van der Waals surface area contributed by atoms with Gasteiger partial charge in [-0.25, -0.2) is 0 Å². The maximum absolute atomic E-state index is 10.2. The molecule has 1 aromatic rings. The highest BCUT2D eigenvalue weighted by Crippen LogP contribution is 2.20. The molecule has 0 saturated heterocycles. The van der Waals surface area contributed by atoms with Crippen LogP contribution in [0.2, 0.25) is 0 Å². The van der Waals surface area contributed by atoms with E-state index in [0.29, 0.717) is 0 Å².